The Morgan fingerprint density at radius 2 is 1.68 bits per heavy atom. The van der Waals surface area contributed by atoms with E-state index in [1.54, 1.807) is 18.2 Å². The molecular weight excluding hydrogens is 338 g/mol. The zero-order chi connectivity index (χ0) is 18.6. The highest BCUT2D eigenvalue weighted by Gasteiger charge is 2.16. The first-order valence-electron chi connectivity index (χ1n) is 7.77. The Morgan fingerprint density at radius 3 is 2.28 bits per heavy atom. The van der Waals surface area contributed by atoms with Gasteiger partial charge in [-0.05, 0) is 44.0 Å². The van der Waals surface area contributed by atoms with E-state index < -0.39 is 29.3 Å². The van der Waals surface area contributed by atoms with Gasteiger partial charge in [-0.2, -0.15) is 0 Å². The Bertz CT molecular complexity index is 822. The molecule has 0 aromatic heterocycles. The number of carbonyl (C=O) groups is 2. The Hall–Kier alpha value is -2.47. The fraction of sp³-hybridized carbons (Fsp3) is 0.263. The van der Waals surface area contributed by atoms with Crippen LogP contribution in [0.4, 0.5) is 5.69 Å². The van der Waals surface area contributed by atoms with Crippen LogP contribution >= 0.6 is 0 Å². The summed E-state index contributed by atoms with van der Waals surface area (Å²) < 4.78 is 16.7. The molecule has 0 radical (unpaired) electrons. The van der Waals surface area contributed by atoms with Gasteiger partial charge in [-0.25, -0.2) is 4.79 Å². The van der Waals surface area contributed by atoms with Gasteiger partial charge in [0.1, 0.15) is 0 Å². The van der Waals surface area contributed by atoms with Crippen molar-refractivity contribution in [2.75, 3.05) is 18.2 Å². The number of esters is 1. The standard InChI is InChI=1S/C19H21NO4S/c1-12-9-13(2)18(14(3)10-12)20-17(21)11-24-19(22)15-7-5-6-8-16(15)25(4)23/h5-10H,11H2,1-4H3,(H,20,21)/t25-/m0/s1. The molecule has 1 amide bonds. The van der Waals surface area contributed by atoms with Gasteiger partial charge in [0.05, 0.1) is 21.3 Å². The van der Waals surface area contributed by atoms with Crippen LogP contribution in [0.5, 0.6) is 0 Å². The number of hydrogen-bond acceptors (Lipinski definition) is 4. The lowest BCUT2D eigenvalue weighted by Gasteiger charge is -2.13. The number of nitrogens with one attached hydrogen (secondary N) is 1. The van der Waals surface area contributed by atoms with Gasteiger partial charge in [0, 0.05) is 11.9 Å². The highest BCUT2D eigenvalue weighted by Crippen LogP contribution is 2.22. The molecule has 0 bridgehead atoms. The van der Waals surface area contributed by atoms with Crippen molar-refractivity contribution in [2.45, 2.75) is 25.7 Å². The molecule has 0 aliphatic heterocycles. The summed E-state index contributed by atoms with van der Waals surface area (Å²) in [5, 5.41) is 2.77. The smallest absolute Gasteiger partial charge is 0.339 e. The molecule has 25 heavy (non-hydrogen) atoms. The Balaban J connectivity index is 2.04. The first-order chi connectivity index (χ1) is 11.8. The zero-order valence-corrected chi connectivity index (χ0v) is 15.5. The molecule has 0 heterocycles. The molecule has 132 valence electrons. The predicted molar refractivity (Wildman–Crippen MR) is 98.3 cm³/mol. The van der Waals surface area contributed by atoms with Crippen molar-refractivity contribution in [3.05, 3.63) is 58.7 Å². The van der Waals surface area contributed by atoms with Crippen LogP contribution in [0.25, 0.3) is 0 Å². The third-order valence-corrected chi connectivity index (χ3v) is 4.67. The van der Waals surface area contributed by atoms with Crippen molar-refractivity contribution >= 4 is 28.4 Å². The monoisotopic (exact) mass is 359 g/mol. The van der Waals surface area contributed by atoms with Gasteiger partial charge in [-0.3, -0.25) is 9.00 Å². The number of anilines is 1. The molecule has 6 heteroatoms. The van der Waals surface area contributed by atoms with Crippen molar-refractivity contribution in [3.8, 4) is 0 Å². The minimum absolute atomic E-state index is 0.207. The number of amides is 1. The first kappa shape index (κ1) is 18.9. The van der Waals surface area contributed by atoms with Gasteiger partial charge in [0.15, 0.2) is 6.61 Å². The molecule has 0 spiro atoms. The van der Waals surface area contributed by atoms with Crippen LogP contribution in [0.15, 0.2) is 41.3 Å². The number of ether oxygens (including phenoxy) is 1. The summed E-state index contributed by atoms with van der Waals surface area (Å²) in [5.41, 5.74) is 3.94. The van der Waals surface area contributed by atoms with Crippen molar-refractivity contribution in [1.29, 1.82) is 0 Å². The van der Waals surface area contributed by atoms with E-state index >= 15 is 0 Å². The molecule has 0 aliphatic rings. The van der Waals surface area contributed by atoms with Crippen LogP contribution in [0.1, 0.15) is 27.0 Å². The molecule has 0 fully saturated rings. The quantitative estimate of drug-likeness (QED) is 0.833. The molecule has 1 N–H and O–H groups in total. The molecule has 0 unspecified atom stereocenters. The van der Waals surface area contributed by atoms with E-state index in [4.69, 9.17) is 4.74 Å². The lowest BCUT2D eigenvalue weighted by molar-refractivity contribution is -0.119. The average molecular weight is 359 g/mol. The minimum atomic E-state index is -1.32. The molecule has 1 atom stereocenters. The lowest BCUT2D eigenvalue weighted by atomic mass is 10.1. The van der Waals surface area contributed by atoms with Gasteiger partial charge >= 0.3 is 5.97 Å². The SMILES string of the molecule is Cc1cc(C)c(NC(=O)COC(=O)c2ccccc2[S@](C)=O)c(C)c1. The van der Waals surface area contributed by atoms with Gasteiger partial charge in [0.25, 0.3) is 5.91 Å². The minimum Gasteiger partial charge on any atom is -0.452 e. The third kappa shape index (κ3) is 4.76. The maximum atomic E-state index is 12.2. The van der Waals surface area contributed by atoms with E-state index in [1.165, 1.54) is 12.3 Å². The number of hydrogen-bond donors (Lipinski definition) is 1. The highest BCUT2D eigenvalue weighted by molar-refractivity contribution is 7.84. The summed E-state index contributed by atoms with van der Waals surface area (Å²) in [7, 11) is -1.32. The van der Waals surface area contributed by atoms with Gasteiger partial charge < -0.3 is 10.1 Å². The van der Waals surface area contributed by atoms with E-state index in [0.717, 1.165) is 22.4 Å². The first-order valence-corrected chi connectivity index (χ1v) is 9.32. The molecule has 0 saturated heterocycles. The van der Waals surface area contributed by atoms with Crippen LogP contribution in [0.3, 0.4) is 0 Å². The second-order valence-corrected chi connectivity index (χ2v) is 7.20. The zero-order valence-electron chi connectivity index (χ0n) is 14.7. The van der Waals surface area contributed by atoms with Crippen LogP contribution < -0.4 is 5.32 Å². The summed E-state index contributed by atoms with van der Waals surface area (Å²) in [5.74, 6) is -1.09. The largest absolute Gasteiger partial charge is 0.452 e. The molecular formula is C19H21NO4S. The van der Waals surface area contributed by atoms with Gasteiger partial charge in [0.2, 0.25) is 0 Å². The summed E-state index contributed by atoms with van der Waals surface area (Å²) in [6.07, 6.45) is 1.49. The molecule has 0 aliphatic carbocycles. The number of benzene rings is 2. The summed E-state index contributed by atoms with van der Waals surface area (Å²) in [6, 6.07) is 10.4. The maximum absolute atomic E-state index is 12.2. The average Bonchev–Trinajstić information content (AvgIpc) is 2.55. The van der Waals surface area contributed by atoms with E-state index in [1.807, 2.05) is 32.9 Å². The third-order valence-electron chi connectivity index (χ3n) is 3.69. The fourth-order valence-electron chi connectivity index (χ4n) is 2.65. The topological polar surface area (TPSA) is 72.5 Å². The normalized spacial score (nSPS) is 11.7. The molecule has 0 saturated carbocycles. The molecule has 5 nitrogen and oxygen atoms in total. The van der Waals surface area contributed by atoms with Crippen molar-refractivity contribution in [1.82, 2.24) is 0 Å². The van der Waals surface area contributed by atoms with Crippen molar-refractivity contribution < 1.29 is 18.5 Å². The summed E-state index contributed by atoms with van der Waals surface area (Å²) in [4.78, 5) is 24.7. The fourth-order valence-corrected chi connectivity index (χ4v) is 3.38. The summed E-state index contributed by atoms with van der Waals surface area (Å²) >= 11 is 0. The van der Waals surface area contributed by atoms with Crippen LogP contribution in [-0.4, -0.2) is 28.9 Å². The van der Waals surface area contributed by atoms with Crippen molar-refractivity contribution in [3.63, 3.8) is 0 Å². The molecule has 2 aromatic rings. The summed E-state index contributed by atoms with van der Waals surface area (Å²) in [6.45, 7) is 5.40. The lowest BCUT2D eigenvalue weighted by Crippen LogP contribution is -2.22. The number of aryl methyl sites for hydroxylation is 3. The molecule has 2 aromatic carbocycles. The van der Waals surface area contributed by atoms with Gasteiger partial charge in [-0.15, -0.1) is 0 Å². The second-order valence-electron chi connectivity index (χ2n) is 5.85. The Labute approximate surface area is 149 Å². The van der Waals surface area contributed by atoms with E-state index in [-0.39, 0.29) is 5.56 Å². The van der Waals surface area contributed by atoms with Gasteiger partial charge in [-0.1, -0.05) is 29.8 Å². The van der Waals surface area contributed by atoms with Crippen LogP contribution in [0.2, 0.25) is 0 Å². The number of carbonyl (C=O) groups excluding carboxylic acids is 2. The second kappa shape index (κ2) is 8.07. The van der Waals surface area contributed by atoms with E-state index in [0.29, 0.717) is 4.90 Å². The number of rotatable bonds is 5. The Morgan fingerprint density at radius 1 is 1.08 bits per heavy atom. The van der Waals surface area contributed by atoms with Crippen LogP contribution in [0, 0.1) is 20.8 Å². The van der Waals surface area contributed by atoms with E-state index in [2.05, 4.69) is 5.32 Å². The van der Waals surface area contributed by atoms with Crippen molar-refractivity contribution in [2.24, 2.45) is 0 Å². The van der Waals surface area contributed by atoms with Crippen LogP contribution in [-0.2, 0) is 20.3 Å². The maximum Gasteiger partial charge on any atom is 0.339 e. The van der Waals surface area contributed by atoms with E-state index in [9.17, 15) is 13.8 Å². The predicted octanol–water partition coefficient (Wildman–Crippen LogP) is 3.14. The highest BCUT2D eigenvalue weighted by atomic mass is 32.2. The Kier molecular flexibility index (Phi) is 6.09. The molecule has 2 rings (SSSR count).